The van der Waals surface area contributed by atoms with Crippen LogP contribution in [0, 0.1) is 0 Å². The van der Waals surface area contributed by atoms with Crippen molar-refractivity contribution in [3.8, 4) is 5.75 Å². The summed E-state index contributed by atoms with van der Waals surface area (Å²) in [4.78, 5) is 0. The second-order valence-corrected chi connectivity index (χ2v) is 7.28. The van der Waals surface area contributed by atoms with E-state index in [9.17, 15) is 4.21 Å². The molecule has 94 valence electrons. The van der Waals surface area contributed by atoms with Crippen LogP contribution in [0.25, 0.3) is 0 Å². The van der Waals surface area contributed by atoms with Crippen LogP contribution in [0.15, 0.2) is 27.1 Å². The van der Waals surface area contributed by atoms with Crippen LogP contribution in [-0.4, -0.2) is 22.3 Å². The third-order valence-electron chi connectivity index (χ3n) is 2.00. The third kappa shape index (κ3) is 4.24. The van der Waals surface area contributed by atoms with Gasteiger partial charge in [-0.15, -0.1) is 0 Å². The largest absolute Gasteiger partial charge is 0.496 e. The molecule has 0 amide bonds. The van der Waals surface area contributed by atoms with Crippen molar-refractivity contribution in [3.63, 3.8) is 0 Å². The van der Waals surface area contributed by atoms with E-state index < -0.39 is 11.0 Å². The van der Waals surface area contributed by atoms with Gasteiger partial charge in [-0.05, 0) is 60.5 Å². The summed E-state index contributed by atoms with van der Waals surface area (Å²) < 4.78 is 21.4. The van der Waals surface area contributed by atoms with Gasteiger partial charge in [0.05, 0.1) is 16.3 Å². The van der Waals surface area contributed by atoms with Crippen LogP contribution < -0.4 is 4.74 Å². The number of hydrogen-bond acceptors (Lipinski definition) is 2. The predicted molar refractivity (Wildman–Crippen MR) is 76.2 cm³/mol. The first-order valence-electron chi connectivity index (χ1n) is 5.14. The molecule has 0 heterocycles. The Kier molecular flexibility index (Phi) is 4.89. The van der Waals surface area contributed by atoms with Gasteiger partial charge in [0.1, 0.15) is 16.7 Å². The van der Waals surface area contributed by atoms with E-state index in [0.29, 0.717) is 0 Å². The Morgan fingerprint density at radius 1 is 1.41 bits per heavy atom. The van der Waals surface area contributed by atoms with E-state index in [1.165, 1.54) is 0 Å². The molecule has 0 aromatic heterocycles. The third-order valence-corrected chi connectivity index (χ3v) is 3.96. The lowest BCUT2D eigenvalue weighted by Gasteiger charge is -2.12. The first-order valence-corrected chi connectivity index (χ1v) is 7.04. The number of halogens is 1. The maximum Gasteiger partial charge on any atom is 0.144 e. The Labute approximate surface area is 113 Å². The van der Waals surface area contributed by atoms with Crippen molar-refractivity contribution in [1.82, 2.24) is 0 Å². The molecular weight excluding hydrogens is 302 g/mol. The molecule has 0 aliphatic rings. The molecule has 1 aromatic carbocycles. The van der Waals surface area contributed by atoms with Crippen molar-refractivity contribution in [2.45, 2.75) is 25.5 Å². The van der Waals surface area contributed by atoms with Gasteiger partial charge in [-0.3, -0.25) is 0 Å². The molecule has 0 unspecified atom stereocenters. The first kappa shape index (κ1) is 14.4. The SMILES string of the molecule is COc1ccc(C=N[S@](=O)C(C)(C)C)cc1Br. The summed E-state index contributed by atoms with van der Waals surface area (Å²) in [6.07, 6.45) is 1.62. The zero-order valence-electron chi connectivity index (χ0n) is 10.4. The second-order valence-electron chi connectivity index (χ2n) is 4.49. The molecule has 0 saturated heterocycles. The van der Waals surface area contributed by atoms with E-state index in [1.807, 2.05) is 39.0 Å². The zero-order valence-corrected chi connectivity index (χ0v) is 12.8. The molecule has 0 N–H and O–H groups in total. The summed E-state index contributed by atoms with van der Waals surface area (Å²) in [7, 11) is 0.385. The molecule has 1 aromatic rings. The zero-order chi connectivity index (χ0) is 13.1. The number of nitrogens with zero attached hydrogens (tertiary/aromatic N) is 1. The fourth-order valence-electron chi connectivity index (χ4n) is 1.03. The average molecular weight is 318 g/mol. The molecule has 0 radical (unpaired) electrons. The van der Waals surface area contributed by atoms with Crippen LogP contribution in [0.3, 0.4) is 0 Å². The lowest BCUT2D eigenvalue weighted by Crippen LogP contribution is -2.19. The fraction of sp³-hybridized carbons (Fsp3) is 0.417. The van der Waals surface area contributed by atoms with Gasteiger partial charge in [-0.2, -0.15) is 4.40 Å². The molecule has 5 heteroatoms. The van der Waals surface area contributed by atoms with Gasteiger partial charge in [0, 0.05) is 6.21 Å². The van der Waals surface area contributed by atoms with Gasteiger partial charge in [0.2, 0.25) is 0 Å². The highest BCUT2D eigenvalue weighted by Gasteiger charge is 2.18. The van der Waals surface area contributed by atoms with Crippen molar-refractivity contribution in [3.05, 3.63) is 28.2 Å². The van der Waals surface area contributed by atoms with E-state index in [2.05, 4.69) is 20.3 Å². The summed E-state index contributed by atoms with van der Waals surface area (Å²) in [5.74, 6) is 0.763. The van der Waals surface area contributed by atoms with E-state index >= 15 is 0 Å². The molecule has 3 nitrogen and oxygen atoms in total. The lowest BCUT2D eigenvalue weighted by molar-refractivity contribution is 0.412. The van der Waals surface area contributed by atoms with Crippen molar-refractivity contribution >= 4 is 33.1 Å². The molecule has 0 bridgehead atoms. The standard InChI is InChI=1S/C12H16BrNO2S/c1-12(2,3)17(15)14-8-9-5-6-11(16-4)10(13)7-9/h5-8H,1-4H3/t17-/m1/s1. The van der Waals surface area contributed by atoms with Gasteiger partial charge in [-0.25, -0.2) is 4.21 Å². The van der Waals surface area contributed by atoms with Crippen LogP contribution in [-0.2, 0) is 11.0 Å². The first-order chi connectivity index (χ1) is 7.84. The minimum Gasteiger partial charge on any atom is -0.496 e. The second kappa shape index (κ2) is 5.78. The molecule has 1 rings (SSSR count). The minimum atomic E-state index is -1.23. The highest BCUT2D eigenvalue weighted by molar-refractivity contribution is 9.10. The average Bonchev–Trinajstić information content (AvgIpc) is 2.24. The normalized spacial score (nSPS) is 13.9. The van der Waals surface area contributed by atoms with Gasteiger partial charge in [0.25, 0.3) is 0 Å². The Balaban J connectivity index is 2.86. The van der Waals surface area contributed by atoms with Crippen LogP contribution >= 0.6 is 15.9 Å². The summed E-state index contributed by atoms with van der Waals surface area (Å²) in [6.45, 7) is 5.68. The maximum absolute atomic E-state index is 11.7. The number of ether oxygens (including phenoxy) is 1. The Morgan fingerprint density at radius 2 is 2.06 bits per heavy atom. The Hall–Kier alpha value is -0.680. The minimum absolute atomic E-state index is 0.333. The molecule has 1 atom stereocenters. The summed E-state index contributed by atoms with van der Waals surface area (Å²) >= 11 is 3.39. The Morgan fingerprint density at radius 3 is 2.53 bits per heavy atom. The molecule has 17 heavy (non-hydrogen) atoms. The molecule has 0 aliphatic heterocycles. The summed E-state index contributed by atoms with van der Waals surface area (Å²) in [5, 5.41) is 0. The summed E-state index contributed by atoms with van der Waals surface area (Å²) in [5.41, 5.74) is 0.885. The number of hydrogen-bond donors (Lipinski definition) is 0. The van der Waals surface area contributed by atoms with E-state index in [-0.39, 0.29) is 4.75 Å². The number of rotatable bonds is 3. The van der Waals surface area contributed by atoms with Crippen molar-refractivity contribution < 1.29 is 8.95 Å². The molecule has 0 saturated carbocycles. The van der Waals surface area contributed by atoms with E-state index in [0.717, 1.165) is 15.8 Å². The van der Waals surface area contributed by atoms with Crippen LogP contribution in [0.5, 0.6) is 5.75 Å². The maximum atomic E-state index is 11.7. The summed E-state index contributed by atoms with van der Waals surface area (Å²) in [6, 6.07) is 5.58. The Bertz CT molecular complexity index is 452. The lowest BCUT2D eigenvalue weighted by atomic mass is 10.2. The van der Waals surface area contributed by atoms with Gasteiger partial charge in [-0.1, -0.05) is 0 Å². The van der Waals surface area contributed by atoms with E-state index in [1.54, 1.807) is 13.3 Å². The highest BCUT2D eigenvalue weighted by Crippen LogP contribution is 2.25. The fourth-order valence-corrected chi connectivity index (χ4v) is 2.12. The predicted octanol–water partition coefficient (Wildman–Crippen LogP) is 3.34. The number of methoxy groups -OCH3 is 1. The quantitative estimate of drug-likeness (QED) is 0.802. The molecule has 0 spiro atoms. The monoisotopic (exact) mass is 317 g/mol. The van der Waals surface area contributed by atoms with Crippen molar-refractivity contribution in [1.29, 1.82) is 0 Å². The molecule has 0 aliphatic carbocycles. The smallest absolute Gasteiger partial charge is 0.144 e. The molecule has 0 fully saturated rings. The topological polar surface area (TPSA) is 38.7 Å². The van der Waals surface area contributed by atoms with Gasteiger partial charge >= 0.3 is 0 Å². The van der Waals surface area contributed by atoms with Gasteiger partial charge < -0.3 is 4.74 Å². The molecular formula is C12H16BrNO2S. The van der Waals surface area contributed by atoms with Crippen LogP contribution in [0.2, 0.25) is 0 Å². The van der Waals surface area contributed by atoms with Gasteiger partial charge in [0.15, 0.2) is 0 Å². The highest BCUT2D eigenvalue weighted by atomic mass is 79.9. The van der Waals surface area contributed by atoms with Crippen LogP contribution in [0.1, 0.15) is 26.3 Å². The van der Waals surface area contributed by atoms with Crippen LogP contribution in [0.4, 0.5) is 0 Å². The van der Waals surface area contributed by atoms with Crippen molar-refractivity contribution in [2.75, 3.05) is 7.11 Å². The number of benzene rings is 1. The van der Waals surface area contributed by atoms with Crippen molar-refractivity contribution in [2.24, 2.45) is 4.40 Å². The van der Waals surface area contributed by atoms with E-state index in [4.69, 9.17) is 4.74 Å².